The topological polar surface area (TPSA) is 3.24 Å². The zero-order valence-corrected chi connectivity index (χ0v) is 10.4. The summed E-state index contributed by atoms with van der Waals surface area (Å²) in [5, 5.41) is 0. The summed E-state index contributed by atoms with van der Waals surface area (Å²) < 4.78 is 0. The molecule has 2 heteroatoms. The molecule has 0 bridgehead atoms. The Balaban J connectivity index is 2.15. The summed E-state index contributed by atoms with van der Waals surface area (Å²) in [4.78, 5) is 2.62. The molecule has 0 aromatic carbocycles. The SMILES string of the molecule is CCCC(C)CN1CCC(CCCl)C1. The van der Waals surface area contributed by atoms with E-state index in [-0.39, 0.29) is 0 Å². The van der Waals surface area contributed by atoms with Crippen LogP contribution in [0.25, 0.3) is 0 Å². The third kappa shape index (κ3) is 4.18. The number of hydrogen-bond donors (Lipinski definition) is 0. The summed E-state index contributed by atoms with van der Waals surface area (Å²) in [6.07, 6.45) is 5.27. The van der Waals surface area contributed by atoms with Gasteiger partial charge in [0.25, 0.3) is 0 Å². The van der Waals surface area contributed by atoms with Crippen LogP contribution in [0.5, 0.6) is 0 Å². The summed E-state index contributed by atoms with van der Waals surface area (Å²) in [5.74, 6) is 2.58. The second-order valence-electron chi connectivity index (χ2n) is 4.79. The van der Waals surface area contributed by atoms with Crippen LogP contribution in [0.4, 0.5) is 0 Å². The van der Waals surface area contributed by atoms with Crippen LogP contribution in [-0.2, 0) is 0 Å². The Labute approximate surface area is 93.8 Å². The summed E-state index contributed by atoms with van der Waals surface area (Å²) >= 11 is 5.77. The molecule has 0 saturated carbocycles. The third-order valence-corrected chi connectivity index (χ3v) is 3.46. The molecule has 1 aliphatic heterocycles. The first-order valence-electron chi connectivity index (χ1n) is 6.04. The van der Waals surface area contributed by atoms with Crippen molar-refractivity contribution in [3.63, 3.8) is 0 Å². The monoisotopic (exact) mass is 217 g/mol. The maximum Gasteiger partial charge on any atom is 0.0226 e. The summed E-state index contributed by atoms with van der Waals surface area (Å²) in [7, 11) is 0. The van der Waals surface area contributed by atoms with E-state index in [9.17, 15) is 0 Å². The van der Waals surface area contributed by atoms with Crippen molar-refractivity contribution in [2.24, 2.45) is 11.8 Å². The van der Waals surface area contributed by atoms with Crippen molar-refractivity contribution in [2.45, 2.75) is 39.5 Å². The minimum atomic E-state index is 0.836. The minimum Gasteiger partial charge on any atom is -0.303 e. The number of alkyl halides is 1. The highest BCUT2D eigenvalue weighted by atomic mass is 35.5. The molecule has 0 aromatic rings. The molecule has 84 valence electrons. The van der Waals surface area contributed by atoms with Gasteiger partial charge < -0.3 is 4.90 Å². The molecule has 0 aliphatic carbocycles. The molecular weight excluding hydrogens is 194 g/mol. The summed E-state index contributed by atoms with van der Waals surface area (Å²) in [6, 6.07) is 0. The van der Waals surface area contributed by atoms with Crippen LogP contribution in [0.1, 0.15) is 39.5 Å². The second-order valence-corrected chi connectivity index (χ2v) is 5.16. The molecule has 2 atom stereocenters. The van der Waals surface area contributed by atoms with E-state index in [4.69, 9.17) is 11.6 Å². The van der Waals surface area contributed by atoms with Crippen molar-refractivity contribution in [3.8, 4) is 0 Å². The largest absolute Gasteiger partial charge is 0.303 e. The number of likely N-dealkylation sites (tertiary alicyclic amines) is 1. The summed E-state index contributed by atoms with van der Waals surface area (Å²) in [6.45, 7) is 8.54. The van der Waals surface area contributed by atoms with E-state index >= 15 is 0 Å². The van der Waals surface area contributed by atoms with Gasteiger partial charge in [0, 0.05) is 19.0 Å². The van der Waals surface area contributed by atoms with Crippen molar-refractivity contribution in [2.75, 3.05) is 25.5 Å². The van der Waals surface area contributed by atoms with Gasteiger partial charge in [0.05, 0.1) is 0 Å². The average molecular weight is 218 g/mol. The molecular formula is C12H24ClN. The Hall–Kier alpha value is 0.250. The highest BCUT2D eigenvalue weighted by molar-refractivity contribution is 6.17. The molecule has 0 amide bonds. The highest BCUT2D eigenvalue weighted by Gasteiger charge is 2.22. The molecule has 1 saturated heterocycles. The van der Waals surface area contributed by atoms with Crippen LogP contribution >= 0.6 is 11.6 Å². The van der Waals surface area contributed by atoms with E-state index in [0.29, 0.717) is 0 Å². The fraction of sp³-hybridized carbons (Fsp3) is 1.00. The van der Waals surface area contributed by atoms with Crippen LogP contribution in [0.3, 0.4) is 0 Å². The lowest BCUT2D eigenvalue weighted by Crippen LogP contribution is -2.26. The number of rotatable bonds is 6. The van der Waals surface area contributed by atoms with Gasteiger partial charge in [-0.15, -0.1) is 11.6 Å². The van der Waals surface area contributed by atoms with E-state index in [1.54, 1.807) is 0 Å². The van der Waals surface area contributed by atoms with Crippen LogP contribution in [0, 0.1) is 11.8 Å². The lowest BCUT2D eigenvalue weighted by Gasteiger charge is -2.20. The molecule has 1 heterocycles. The predicted octanol–water partition coefficient (Wildman–Crippen LogP) is 3.37. The number of hydrogen-bond acceptors (Lipinski definition) is 1. The molecule has 1 fully saturated rings. The molecule has 0 N–H and O–H groups in total. The summed E-state index contributed by atoms with van der Waals surface area (Å²) in [5.41, 5.74) is 0. The van der Waals surface area contributed by atoms with Crippen LogP contribution < -0.4 is 0 Å². The number of nitrogens with zero attached hydrogens (tertiary/aromatic N) is 1. The lowest BCUT2D eigenvalue weighted by molar-refractivity contribution is 0.269. The van der Waals surface area contributed by atoms with E-state index in [2.05, 4.69) is 18.7 Å². The zero-order valence-electron chi connectivity index (χ0n) is 9.64. The van der Waals surface area contributed by atoms with E-state index in [1.165, 1.54) is 45.3 Å². The molecule has 14 heavy (non-hydrogen) atoms. The molecule has 2 unspecified atom stereocenters. The second kappa shape index (κ2) is 6.68. The van der Waals surface area contributed by atoms with E-state index < -0.39 is 0 Å². The van der Waals surface area contributed by atoms with Gasteiger partial charge in [0.15, 0.2) is 0 Å². The fourth-order valence-electron chi connectivity index (χ4n) is 2.49. The first kappa shape index (κ1) is 12.3. The van der Waals surface area contributed by atoms with Crippen molar-refractivity contribution < 1.29 is 0 Å². The first-order chi connectivity index (χ1) is 6.76. The maximum atomic E-state index is 5.77. The van der Waals surface area contributed by atoms with Crippen LogP contribution in [-0.4, -0.2) is 30.4 Å². The average Bonchev–Trinajstić information content (AvgIpc) is 2.53. The Morgan fingerprint density at radius 3 is 2.93 bits per heavy atom. The van der Waals surface area contributed by atoms with Crippen molar-refractivity contribution in [1.82, 2.24) is 4.90 Å². The maximum absolute atomic E-state index is 5.77. The molecule has 1 rings (SSSR count). The minimum absolute atomic E-state index is 0.836. The van der Waals surface area contributed by atoms with Crippen LogP contribution in [0.15, 0.2) is 0 Å². The van der Waals surface area contributed by atoms with Crippen LogP contribution in [0.2, 0.25) is 0 Å². The lowest BCUT2D eigenvalue weighted by atomic mass is 10.1. The van der Waals surface area contributed by atoms with Gasteiger partial charge in [-0.2, -0.15) is 0 Å². The van der Waals surface area contributed by atoms with Crippen molar-refractivity contribution >= 4 is 11.6 Å². The van der Waals surface area contributed by atoms with Gasteiger partial charge >= 0.3 is 0 Å². The van der Waals surface area contributed by atoms with Gasteiger partial charge in [-0.1, -0.05) is 20.3 Å². The highest BCUT2D eigenvalue weighted by Crippen LogP contribution is 2.21. The van der Waals surface area contributed by atoms with Crippen molar-refractivity contribution in [1.29, 1.82) is 0 Å². The zero-order chi connectivity index (χ0) is 10.4. The first-order valence-corrected chi connectivity index (χ1v) is 6.58. The third-order valence-electron chi connectivity index (χ3n) is 3.24. The van der Waals surface area contributed by atoms with Gasteiger partial charge in [-0.3, -0.25) is 0 Å². The van der Waals surface area contributed by atoms with Gasteiger partial charge in [-0.05, 0) is 37.6 Å². The standard InChI is InChI=1S/C12H24ClN/c1-3-4-11(2)9-14-8-6-12(10-14)5-7-13/h11-12H,3-10H2,1-2H3. The van der Waals surface area contributed by atoms with E-state index in [0.717, 1.165) is 17.7 Å². The predicted molar refractivity (Wildman–Crippen MR) is 64.0 cm³/mol. The Morgan fingerprint density at radius 2 is 2.29 bits per heavy atom. The molecule has 1 aliphatic rings. The quantitative estimate of drug-likeness (QED) is 0.617. The smallest absolute Gasteiger partial charge is 0.0226 e. The molecule has 1 nitrogen and oxygen atoms in total. The normalized spacial score (nSPS) is 25.5. The molecule has 0 radical (unpaired) electrons. The molecule has 0 spiro atoms. The van der Waals surface area contributed by atoms with Crippen molar-refractivity contribution in [3.05, 3.63) is 0 Å². The number of halogens is 1. The Morgan fingerprint density at radius 1 is 1.50 bits per heavy atom. The fourth-order valence-corrected chi connectivity index (χ4v) is 2.80. The van der Waals surface area contributed by atoms with Gasteiger partial charge in [0.1, 0.15) is 0 Å². The van der Waals surface area contributed by atoms with E-state index in [1.807, 2.05) is 0 Å². The van der Waals surface area contributed by atoms with Gasteiger partial charge in [0.2, 0.25) is 0 Å². The molecule has 0 aromatic heterocycles. The Bertz CT molecular complexity index is 149. The van der Waals surface area contributed by atoms with Gasteiger partial charge in [-0.25, -0.2) is 0 Å². The Kier molecular flexibility index (Phi) is 5.88.